The summed E-state index contributed by atoms with van der Waals surface area (Å²) in [6, 6.07) is 0.727. The van der Waals surface area contributed by atoms with E-state index in [1.165, 1.54) is 32.4 Å². The molecule has 84 valence electrons. The lowest BCUT2D eigenvalue weighted by Gasteiger charge is -2.42. The molecule has 1 aliphatic rings. The molecule has 1 unspecified atom stereocenters. The van der Waals surface area contributed by atoms with Gasteiger partial charge in [-0.05, 0) is 44.6 Å². The fourth-order valence-electron chi connectivity index (χ4n) is 2.40. The van der Waals surface area contributed by atoms with E-state index in [-0.39, 0.29) is 0 Å². The zero-order valence-electron chi connectivity index (χ0n) is 10.6. The van der Waals surface area contributed by atoms with Gasteiger partial charge in [-0.2, -0.15) is 0 Å². The van der Waals surface area contributed by atoms with Crippen molar-refractivity contribution >= 4 is 0 Å². The summed E-state index contributed by atoms with van der Waals surface area (Å²) < 4.78 is 0. The van der Waals surface area contributed by atoms with Crippen LogP contribution >= 0.6 is 0 Å². The van der Waals surface area contributed by atoms with Gasteiger partial charge in [-0.15, -0.1) is 0 Å². The lowest BCUT2D eigenvalue weighted by Crippen LogP contribution is -2.44. The quantitative estimate of drug-likeness (QED) is 0.669. The van der Waals surface area contributed by atoms with Crippen molar-refractivity contribution in [2.24, 2.45) is 11.3 Å². The molecule has 0 aliphatic carbocycles. The molecule has 0 amide bonds. The zero-order chi connectivity index (χ0) is 10.8. The van der Waals surface area contributed by atoms with Gasteiger partial charge in [0.25, 0.3) is 0 Å². The average Bonchev–Trinajstić information content (AvgIpc) is 2.18. The van der Waals surface area contributed by atoms with E-state index in [0.717, 1.165) is 12.0 Å². The molecule has 1 saturated heterocycles. The maximum Gasteiger partial charge on any atom is 0.00387 e. The molecule has 1 atom stereocenters. The third kappa shape index (κ3) is 2.73. The standard InChI is InChI=1S/C13H27N/c1-6-13(4,5)12-8-7-9-14(10-12)11(2)3/h11-12H,6-10H2,1-5H3. The number of hydrogen-bond donors (Lipinski definition) is 0. The number of likely N-dealkylation sites (tertiary alicyclic amines) is 1. The van der Waals surface area contributed by atoms with Gasteiger partial charge in [0.15, 0.2) is 0 Å². The van der Waals surface area contributed by atoms with Crippen LogP contribution < -0.4 is 0 Å². The maximum absolute atomic E-state index is 2.64. The summed E-state index contributed by atoms with van der Waals surface area (Å²) in [7, 11) is 0. The highest BCUT2D eigenvalue weighted by molar-refractivity contribution is 4.84. The van der Waals surface area contributed by atoms with E-state index < -0.39 is 0 Å². The van der Waals surface area contributed by atoms with Crippen molar-refractivity contribution in [3.63, 3.8) is 0 Å². The lowest BCUT2D eigenvalue weighted by atomic mass is 9.73. The van der Waals surface area contributed by atoms with Crippen LogP contribution in [0.25, 0.3) is 0 Å². The summed E-state index contributed by atoms with van der Waals surface area (Å²) >= 11 is 0. The number of hydrogen-bond acceptors (Lipinski definition) is 1. The van der Waals surface area contributed by atoms with Crippen molar-refractivity contribution in [3.05, 3.63) is 0 Å². The highest BCUT2D eigenvalue weighted by atomic mass is 15.2. The summed E-state index contributed by atoms with van der Waals surface area (Å²) in [4.78, 5) is 2.64. The predicted octanol–water partition coefficient (Wildman–Crippen LogP) is 3.54. The second kappa shape index (κ2) is 4.65. The predicted molar refractivity (Wildman–Crippen MR) is 63.5 cm³/mol. The first-order valence-electron chi connectivity index (χ1n) is 6.21. The third-order valence-electron chi connectivity index (χ3n) is 4.20. The van der Waals surface area contributed by atoms with E-state index in [9.17, 15) is 0 Å². The normalized spacial score (nSPS) is 25.7. The molecular weight excluding hydrogens is 170 g/mol. The molecule has 14 heavy (non-hydrogen) atoms. The summed E-state index contributed by atoms with van der Waals surface area (Å²) in [5, 5.41) is 0. The Labute approximate surface area is 89.9 Å². The van der Waals surface area contributed by atoms with Crippen LogP contribution in [0.5, 0.6) is 0 Å². The monoisotopic (exact) mass is 197 g/mol. The molecule has 0 bridgehead atoms. The Morgan fingerprint density at radius 3 is 2.50 bits per heavy atom. The lowest BCUT2D eigenvalue weighted by molar-refractivity contribution is 0.0669. The van der Waals surface area contributed by atoms with Crippen molar-refractivity contribution < 1.29 is 0 Å². The van der Waals surface area contributed by atoms with Gasteiger partial charge in [0.1, 0.15) is 0 Å². The van der Waals surface area contributed by atoms with Crippen LogP contribution in [-0.2, 0) is 0 Å². The number of nitrogens with zero attached hydrogens (tertiary/aromatic N) is 1. The average molecular weight is 197 g/mol. The third-order valence-corrected chi connectivity index (χ3v) is 4.20. The van der Waals surface area contributed by atoms with Gasteiger partial charge in [-0.1, -0.05) is 27.2 Å². The Balaban J connectivity index is 2.56. The zero-order valence-corrected chi connectivity index (χ0v) is 10.6. The van der Waals surface area contributed by atoms with E-state index in [2.05, 4.69) is 39.5 Å². The SMILES string of the molecule is CCC(C)(C)C1CCCN(C(C)C)C1. The largest absolute Gasteiger partial charge is 0.301 e. The van der Waals surface area contributed by atoms with E-state index in [4.69, 9.17) is 0 Å². The molecule has 1 heterocycles. The second-order valence-electron chi connectivity index (χ2n) is 5.77. The number of rotatable bonds is 3. The first-order valence-corrected chi connectivity index (χ1v) is 6.21. The Hall–Kier alpha value is -0.0400. The van der Waals surface area contributed by atoms with Gasteiger partial charge in [-0.3, -0.25) is 0 Å². The van der Waals surface area contributed by atoms with Crippen LogP contribution in [0.1, 0.15) is 53.9 Å². The Bertz CT molecular complexity index is 172. The molecule has 1 fully saturated rings. The van der Waals surface area contributed by atoms with E-state index in [1.807, 2.05) is 0 Å². The molecule has 1 aliphatic heterocycles. The van der Waals surface area contributed by atoms with Gasteiger partial charge < -0.3 is 4.90 Å². The summed E-state index contributed by atoms with van der Waals surface area (Å²) in [5.74, 6) is 0.906. The Morgan fingerprint density at radius 2 is 2.00 bits per heavy atom. The van der Waals surface area contributed by atoms with Crippen LogP contribution in [0.2, 0.25) is 0 Å². The molecule has 1 rings (SSSR count). The van der Waals surface area contributed by atoms with Crippen LogP contribution in [0.3, 0.4) is 0 Å². The van der Waals surface area contributed by atoms with Crippen molar-refractivity contribution in [1.82, 2.24) is 4.90 Å². The smallest absolute Gasteiger partial charge is 0.00387 e. The fourth-order valence-corrected chi connectivity index (χ4v) is 2.40. The first kappa shape index (κ1) is 12.0. The first-order chi connectivity index (χ1) is 6.47. The molecule has 1 heteroatoms. The number of piperidine rings is 1. The van der Waals surface area contributed by atoms with Gasteiger partial charge >= 0.3 is 0 Å². The van der Waals surface area contributed by atoms with Crippen molar-refractivity contribution in [1.29, 1.82) is 0 Å². The van der Waals surface area contributed by atoms with Crippen molar-refractivity contribution in [2.75, 3.05) is 13.1 Å². The van der Waals surface area contributed by atoms with Crippen molar-refractivity contribution in [3.8, 4) is 0 Å². The minimum atomic E-state index is 0.535. The maximum atomic E-state index is 2.64. The molecule has 0 aromatic carbocycles. The van der Waals surface area contributed by atoms with Gasteiger partial charge in [-0.25, -0.2) is 0 Å². The summed E-state index contributed by atoms with van der Waals surface area (Å²) in [6.07, 6.45) is 4.14. The van der Waals surface area contributed by atoms with Crippen LogP contribution in [0, 0.1) is 11.3 Å². The Morgan fingerprint density at radius 1 is 1.36 bits per heavy atom. The van der Waals surface area contributed by atoms with Gasteiger partial charge in [0.2, 0.25) is 0 Å². The Kier molecular flexibility index (Phi) is 4.00. The highest BCUT2D eigenvalue weighted by Gasteiger charge is 2.32. The van der Waals surface area contributed by atoms with Crippen LogP contribution in [-0.4, -0.2) is 24.0 Å². The van der Waals surface area contributed by atoms with Crippen LogP contribution in [0.4, 0.5) is 0 Å². The molecule has 0 aromatic heterocycles. The second-order valence-corrected chi connectivity index (χ2v) is 5.77. The fraction of sp³-hybridized carbons (Fsp3) is 1.00. The highest BCUT2D eigenvalue weighted by Crippen LogP contribution is 2.36. The summed E-state index contributed by atoms with van der Waals surface area (Å²) in [5.41, 5.74) is 0.535. The van der Waals surface area contributed by atoms with Crippen LogP contribution in [0.15, 0.2) is 0 Å². The molecule has 0 N–H and O–H groups in total. The molecule has 0 spiro atoms. The summed E-state index contributed by atoms with van der Waals surface area (Å²) in [6.45, 7) is 14.5. The molecule has 1 nitrogen and oxygen atoms in total. The van der Waals surface area contributed by atoms with E-state index >= 15 is 0 Å². The molecule has 0 radical (unpaired) electrons. The minimum Gasteiger partial charge on any atom is -0.301 e. The topological polar surface area (TPSA) is 3.24 Å². The van der Waals surface area contributed by atoms with Gasteiger partial charge in [0, 0.05) is 12.6 Å². The molecule has 0 saturated carbocycles. The molecular formula is C13H27N. The minimum absolute atomic E-state index is 0.535. The van der Waals surface area contributed by atoms with Gasteiger partial charge in [0.05, 0.1) is 0 Å². The van der Waals surface area contributed by atoms with Crippen molar-refractivity contribution in [2.45, 2.75) is 59.9 Å². The van der Waals surface area contributed by atoms with E-state index in [0.29, 0.717) is 5.41 Å². The molecule has 0 aromatic rings. The van der Waals surface area contributed by atoms with E-state index in [1.54, 1.807) is 0 Å².